The second-order valence-corrected chi connectivity index (χ2v) is 5.51. The molecule has 0 bridgehead atoms. The van der Waals surface area contributed by atoms with Crippen molar-refractivity contribution in [1.82, 2.24) is 14.9 Å². The monoisotopic (exact) mass is 295 g/mol. The molecule has 1 atom stereocenters. The van der Waals surface area contributed by atoms with E-state index in [2.05, 4.69) is 10.3 Å². The first kappa shape index (κ1) is 14.4. The van der Waals surface area contributed by atoms with Crippen LogP contribution in [0.1, 0.15) is 25.1 Å². The average Bonchev–Trinajstić information content (AvgIpc) is 2.79. The maximum absolute atomic E-state index is 13.4. The quantitative estimate of drug-likeness (QED) is 0.907. The fourth-order valence-electron chi connectivity index (χ4n) is 2.99. The third-order valence-electron chi connectivity index (χ3n) is 4.03. The predicted molar refractivity (Wildman–Crippen MR) is 76.1 cm³/mol. The van der Waals surface area contributed by atoms with Crippen molar-refractivity contribution >= 4 is 11.0 Å². The summed E-state index contributed by atoms with van der Waals surface area (Å²) >= 11 is 0. The highest BCUT2D eigenvalue weighted by Crippen LogP contribution is 2.22. The molecular formula is C15H19F2N3O. The van der Waals surface area contributed by atoms with Crippen molar-refractivity contribution in [2.24, 2.45) is 0 Å². The average molecular weight is 295 g/mol. The van der Waals surface area contributed by atoms with Crippen molar-refractivity contribution in [2.75, 3.05) is 13.2 Å². The number of benzene rings is 1. The third-order valence-corrected chi connectivity index (χ3v) is 4.03. The van der Waals surface area contributed by atoms with E-state index in [0.29, 0.717) is 30.0 Å². The summed E-state index contributed by atoms with van der Waals surface area (Å²) in [5.74, 6) is -1.01. The molecule has 4 nitrogen and oxygen atoms in total. The van der Waals surface area contributed by atoms with Crippen LogP contribution in [-0.2, 0) is 13.0 Å². The van der Waals surface area contributed by atoms with Crippen LogP contribution in [0.2, 0.25) is 0 Å². The van der Waals surface area contributed by atoms with Gasteiger partial charge in [0.1, 0.15) is 5.82 Å². The Kier molecular flexibility index (Phi) is 4.17. The first-order valence-electron chi connectivity index (χ1n) is 7.37. The Morgan fingerprint density at radius 3 is 2.81 bits per heavy atom. The number of fused-ring (bicyclic) bond motifs is 1. The van der Waals surface area contributed by atoms with Crippen LogP contribution in [-0.4, -0.2) is 33.9 Å². The molecule has 1 aromatic carbocycles. The first-order valence-corrected chi connectivity index (χ1v) is 7.37. The minimum absolute atomic E-state index is 0.0600. The maximum atomic E-state index is 13.4. The number of aromatic nitrogens is 2. The van der Waals surface area contributed by atoms with E-state index in [1.807, 2.05) is 0 Å². The van der Waals surface area contributed by atoms with Gasteiger partial charge in [-0.1, -0.05) is 6.42 Å². The van der Waals surface area contributed by atoms with Crippen LogP contribution in [0.3, 0.4) is 0 Å². The minimum Gasteiger partial charge on any atom is -0.395 e. The van der Waals surface area contributed by atoms with Gasteiger partial charge < -0.3 is 15.0 Å². The lowest BCUT2D eigenvalue weighted by atomic mass is 10.0. The van der Waals surface area contributed by atoms with Crippen molar-refractivity contribution < 1.29 is 13.9 Å². The number of rotatable bonds is 4. The lowest BCUT2D eigenvalue weighted by Gasteiger charge is -2.23. The topological polar surface area (TPSA) is 50.1 Å². The van der Waals surface area contributed by atoms with E-state index in [1.165, 1.54) is 12.8 Å². The standard InChI is InChI=1S/C15H19F2N3O/c16-11-8-13-14(9-12(11)17)20(5-6-21)15(19-13)7-10-3-1-2-4-18-10/h8-10,18,21H,1-7H2. The zero-order chi connectivity index (χ0) is 14.8. The zero-order valence-corrected chi connectivity index (χ0v) is 11.8. The Labute approximate surface area is 121 Å². The van der Waals surface area contributed by atoms with Gasteiger partial charge in [0, 0.05) is 31.1 Å². The Balaban J connectivity index is 1.97. The maximum Gasteiger partial charge on any atom is 0.161 e. The molecule has 2 aromatic rings. The number of imidazole rings is 1. The molecule has 0 aliphatic carbocycles. The van der Waals surface area contributed by atoms with E-state index in [-0.39, 0.29) is 6.61 Å². The molecular weight excluding hydrogens is 276 g/mol. The summed E-state index contributed by atoms with van der Waals surface area (Å²) < 4.78 is 28.6. The predicted octanol–water partition coefficient (Wildman–Crippen LogP) is 1.99. The molecule has 21 heavy (non-hydrogen) atoms. The van der Waals surface area contributed by atoms with Gasteiger partial charge in [0.25, 0.3) is 0 Å². The van der Waals surface area contributed by atoms with Gasteiger partial charge in [0.15, 0.2) is 11.6 Å². The first-order chi connectivity index (χ1) is 10.2. The van der Waals surface area contributed by atoms with E-state index in [0.717, 1.165) is 30.9 Å². The van der Waals surface area contributed by atoms with Gasteiger partial charge in [-0.05, 0) is 19.4 Å². The second kappa shape index (κ2) is 6.07. The molecule has 1 unspecified atom stereocenters. The summed E-state index contributed by atoms with van der Waals surface area (Å²) in [5.41, 5.74) is 0.974. The number of nitrogens with one attached hydrogen (secondary N) is 1. The van der Waals surface area contributed by atoms with E-state index in [1.54, 1.807) is 4.57 Å². The van der Waals surface area contributed by atoms with Crippen LogP contribution in [0.4, 0.5) is 8.78 Å². The number of halogens is 2. The second-order valence-electron chi connectivity index (χ2n) is 5.51. The SMILES string of the molecule is OCCn1c(CC2CCCCN2)nc2cc(F)c(F)cc21. The number of hydrogen-bond donors (Lipinski definition) is 2. The lowest BCUT2D eigenvalue weighted by molar-refractivity contribution is 0.274. The highest BCUT2D eigenvalue weighted by atomic mass is 19.2. The molecule has 1 saturated heterocycles. The molecule has 1 aromatic heterocycles. The van der Waals surface area contributed by atoms with Crippen molar-refractivity contribution in [3.63, 3.8) is 0 Å². The number of aliphatic hydroxyl groups excluding tert-OH is 1. The summed E-state index contributed by atoms with van der Waals surface area (Å²) in [6, 6.07) is 2.62. The Morgan fingerprint density at radius 1 is 1.29 bits per heavy atom. The molecule has 2 N–H and O–H groups in total. The Bertz CT molecular complexity index is 635. The van der Waals surface area contributed by atoms with Crippen molar-refractivity contribution in [3.05, 3.63) is 29.6 Å². The van der Waals surface area contributed by atoms with Crippen molar-refractivity contribution in [3.8, 4) is 0 Å². The molecule has 1 aliphatic heterocycles. The zero-order valence-electron chi connectivity index (χ0n) is 11.8. The van der Waals surface area contributed by atoms with Gasteiger partial charge in [0.2, 0.25) is 0 Å². The van der Waals surface area contributed by atoms with Crippen molar-refractivity contribution in [2.45, 2.75) is 38.3 Å². The fourth-order valence-corrected chi connectivity index (χ4v) is 2.99. The summed E-state index contributed by atoms with van der Waals surface area (Å²) in [6.45, 7) is 1.27. The number of nitrogens with zero attached hydrogens (tertiary/aromatic N) is 2. The van der Waals surface area contributed by atoms with Crippen LogP contribution in [0.5, 0.6) is 0 Å². The smallest absolute Gasteiger partial charge is 0.161 e. The third kappa shape index (κ3) is 2.91. The normalized spacial score (nSPS) is 19.3. The van der Waals surface area contributed by atoms with Gasteiger partial charge in [-0.3, -0.25) is 0 Å². The summed E-state index contributed by atoms with van der Waals surface area (Å²) in [5, 5.41) is 12.7. The molecule has 0 saturated carbocycles. The van der Waals surface area contributed by atoms with Crippen LogP contribution >= 0.6 is 0 Å². The Morgan fingerprint density at radius 2 is 2.10 bits per heavy atom. The number of piperidine rings is 1. The lowest BCUT2D eigenvalue weighted by Crippen LogP contribution is -2.36. The van der Waals surface area contributed by atoms with Gasteiger partial charge in [0.05, 0.1) is 17.6 Å². The van der Waals surface area contributed by atoms with E-state index >= 15 is 0 Å². The number of aliphatic hydroxyl groups is 1. The fraction of sp³-hybridized carbons (Fsp3) is 0.533. The van der Waals surface area contributed by atoms with E-state index in [4.69, 9.17) is 0 Å². The van der Waals surface area contributed by atoms with Crippen LogP contribution < -0.4 is 5.32 Å². The largest absolute Gasteiger partial charge is 0.395 e. The van der Waals surface area contributed by atoms with Gasteiger partial charge in [-0.25, -0.2) is 13.8 Å². The van der Waals surface area contributed by atoms with Gasteiger partial charge in [-0.2, -0.15) is 0 Å². The Hall–Kier alpha value is -1.53. The van der Waals surface area contributed by atoms with Crippen LogP contribution in [0.15, 0.2) is 12.1 Å². The highest BCUT2D eigenvalue weighted by molar-refractivity contribution is 5.76. The van der Waals surface area contributed by atoms with Crippen LogP contribution in [0.25, 0.3) is 11.0 Å². The molecule has 114 valence electrons. The molecule has 3 rings (SSSR count). The van der Waals surface area contributed by atoms with Gasteiger partial charge in [-0.15, -0.1) is 0 Å². The molecule has 1 fully saturated rings. The van der Waals surface area contributed by atoms with E-state index < -0.39 is 11.6 Å². The summed E-state index contributed by atoms with van der Waals surface area (Å²) in [7, 11) is 0. The molecule has 6 heteroatoms. The van der Waals surface area contributed by atoms with Crippen LogP contribution in [0, 0.1) is 11.6 Å². The molecule has 0 radical (unpaired) electrons. The summed E-state index contributed by atoms with van der Waals surface area (Å²) in [6.07, 6.45) is 4.14. The van der Waals surface area contributed by atoms with Gasteiger partial charge >= 0.3 is 0 Å². The summed E-state index contributed by atoms with van der Waals surface area (Å²) in [4.78, 5) is 4.43. The molecule has 1 aliphatic rings. The van der Waals surface area contributed by atoms with Crippen molar-refractivity contribution in [1.29, 1.82) is 0 Å². The number of hydrogen-bond acceptors (Lipinski definition) is 3. The molecule has 0 amide bonds. The highest BCUT2D eigenvalue weighted by Gasteiger charge is 2.19. The van der Waals surface area contributed by atoms with E-state index in [9.17, 15) is 13.9 Å². The minimum atomic E-state index is -0.890. The molecule has 2 heterocycles. The molecule has 0 spiro atoms.